The Balaban J connectivity index is 0.00000160. The number of aromatic nitrogens is 1. The molecule has 0 bridgehead atoms. The third-order valence-corrected chi connectivity index (χ3v) is 5.64. The van der Waals surface area contributed by atoms with Crippen LogP contribution in [0.3, 0.4) is 0 Å². The van der Waals surface area contributed by atoms with Crippen molar-refractivity contribution < 1.29 is 14.4 Å². The van der Waals surface area contributed by atoms with Crippen LogP contribution in [0.2, 0.25) is 0 Å². The molecule has 0 fully saturated rings. The number of aliphatic hydroxyl groups is 1. The number of carbonyl (C=O) groups is 1. The highest BCUT2D eigenvalue weighted by atomic mass is 32.1. The van der Waals surface area contributed by atoms with E-state index in [1.165, 1.54) is 0 Å². The van der Waals surface area contributed by atoms with Crippen LogP contribution in [0.25, 0.3) is 11.1 Å². The molecule has 2 aromatic carbocycles. The van der Waals surface area contributed by atoms with Crippen molar-refractivity contribution >= 4 is 25.1 Å². The Kier molecular flexibility index (Phi) is 8.67. The Labute approximate surface area is 192 Å². The lowest BCUT2D eigenvalue weighted by atomic mass is 9.71. The Morgan fingerprint density at radius 1 is 1.13 bits per heavy atom. The molecule has 2 atom stereocenters. The van der Waals surface area contributed by atoms with E-state index < -0.39 is 11.5 Å². The van der Waals surface area contributed by atoms with Gasteiger partial charge in [0.25, 0.3) is 0 Å². The maximum Gasteiger partial charge on any atom is 0.239 e. The van der Waals surface area contributed by atoms with Crippen LogP contribution >= 0.6 is 13.5 Å². The molecule has 1 aliphatic rings. The number of anilines is 1. The van der Waals surface area contributed by atoms with Crippen molar-refractivity contribution in [2.75, 3.05) is 5.32 Å². The van der Waals surface area contributed by atoms with E-state index in [1.807, 2.05) is 56.3 Å². The van der Waals surface area contributed by atoms with E-state index in [1.54, 1.807) is 6.92 Å². The number of benzene rings is 2. The lowest BCUT2D eigenvalue weighted by Gasteiger charge is -2.29. The van der Waals surface area contributed by atoms with E-state index >= 15 is 0 Å². The molecule has 0 saturated heterocycles. The van der Waals surface area contributed by atoms with E-state index in [0.29, 0.717) is 12.8 Å². The summed E-state index contributed by atoms with van der Waals surface area (Å²) in [5, 5.41) is 17.1. The standard InChI is InChI=1S/C23H24N2O3.2CH4.H2S/c1-14(26)11-12-23(18-7-5-4-6-8-18)19-13-17(9-10-20(19)24-22(23)27)21-15(2)25-28-16(21)3;;;/h4-10,13-14,26H,11-12H2,1-3H3,(H,24,27);2*1H4;1H2/t14-,23?;;;/m0.../s1. The number of nitrogens with zero attached hydrogens (tertiary/aromatic N) is 1. The molecule has 2 heterocycles. The molecule has 3 aromatic rings. The minimum absolute atomic E-state index is 0. The highest BCUT2D eigenvalue weighted by Gasteiger charge is 2.48. The predicted octanol–water partition coefficient (Wildman–Crippen LogP) is 5.74. The van der Waals surface area contributed by atoms with E-state index in [4.69, 9.17) is 4.52 Å². The summed E-state index contributed by atoms with van der Waals surface area (Å²) in [5.41, 5.74) is 4.61. The third-order valence-electron chi connectivity index (χ3n) is 5.64. The van der Waals surface area contributed by atoms with Crippen LogP contribution in [0.5, 0.6) is 0 Å². The van der Waals surface area contributed by atoms with Crippen molar-refractivity contribution in [2.45, 2.75) is 60.0 Å². The zero-order valence-corrected chi connectivity index (χ0v) is 17.8. The first-order valence-electron chi connectivity index (χ1n) is 9.56. The van der Waals surface area contributed by atoms with E-state index in [0.717, 1.165) is 39.4 Å². The van der Waals surface area contributed by atoms with E-state index in [2.05, 4.69) is 16.5 Å². The van der Waals surface area contributed by atoms with Crippen molar-refractivity contribution in [3.05, 3.63) is 71.1 Å². The number of amides is 1. The number of hydrogen-bond donors (Lipinski definition) is 2. The summed E-state index contributed by atoms with van der Waals surface area (Å²) in [5.74, 6) is 0.703. The lowest BCUT2D eigenvalue weighted by molar-refractivity contribution is -0.119. The molecule has 31 heavy (non-hydrogen) atoms. The van der Waals surface area contributed by atoms with Gasteiger partial charge in [0.15, 0.2) is 0 Å². The summed E-state index contributed by atoms with van der Waals surface area (Å²) in [6.45, 7) is 5.57. The number of carbonyl (C=O) groups excluding carboxylic acids is 1. The second kappa shape index (κ2) is 10.2. The molecular weight excluding hydrogens is 408 g/mol. The Hall–Kier alpha value is -2.57. The molecule has 1 unspecified atom stereocenters. The lowest BCUT2D eigenvalue weighted by Crippen LogP contribution is -2.36. The Morgan fingerprint density at radius 3 is 2.39 bits per heavy atom. The second-order valence-corrected chi connectivity index (χ2v) is 7.57. The molecule has 0 radical (unpaired) electrons. The largest absolute Gasteiger partial charge is 0.393 e. The zero-order chi connectivity index (χ0) is 19.9. The molecule has 1 aromatic heterocycles. The number of aryl methyl sites for hydroxylation is 2. The molecular formula is C25H34N2O3S. The maximum absolute atomic E-state index is 13.3. The van der Waals surface area contributed by atoms with Gasteiger partial charge in [0.2, 0.25) is 5.91 Å². The fourth-order valence-electron chi connectivity index (χ4n) is 4.24. The maximum atomic E-state index is 13.3. The van der Waals surface area contributed by atoms with Crippen LogP contribution in [0, 0.1) is 13.8 Å². The van der Waals surface area contributed by atoms with Gasteiger partial charge in [-0.25, -0.2) is 0 Å². The number of aliphatic hydroxyl groups excluding tert-OH is 1. The highest BCUT2D eigenvalue weighted by Crippen LogP contribution is 2.47. The summed E-state index contributed by atoms with van der Waals surface area (Å²) >= 11 is 0. The SMILES string of the molecule is C.C.Cc1noc(C)c1-c1ccc2c(c1)C(CC[C@H](C)O)(c1ccccc1)C(=O)N2.S. The highest BCUT2D eigenvalue weighted by molar-refractivity contribution is 7.59. The third kappa shape index (κ3) is 4.41. The molecule has 0 spiro atoms. The van der Waals surface area contributed by atoms with Gasteiger partial charge in [0, 0.05) is 11.3 Å². The van der Waals surface area contributed by atoms with Gasteiger partial charge in [0.1, 0.15) is 11.2 Å². The van der Waals surface area contributed by atoms with Crippen LogP contribution in [0.4, 0.5) is 5.69 Å². The summed E-state index contributed by atoms with van der Waals surface area (Å²) in [4.78, 5) is 13.3. The fraction of sp³-hybridized carbons (Fsp3) is 0.360. The van der Waals surface area contributed by atoms with Crippen molar-refractivity contribution in [1.82, 2.24) is 5.16 Å². The summed E-state index contributed by atoms with van der Waals surface area (Å²) < 4.78 is 5.34. The van der Waals surface area contributed by atoms with Gasteiger partial charge in [-0.1, -0.05) is 56.4 Å². The van der Waals surface area contributed by atoms with E-state index in [-0.39, 0.29) is 34.3 Å². The summed E-state index contributed by atoms with van der Waals surface area (Å²) in [6.07, 6.45) is 0.568. The first-order chi connectivity index (χ1) is 13.4. The Bertz CT molecular complexity index is 1010. The normalized spacial score (nSPS) is 17.5. The summed E-state index contributed by atoms with van der Waals surface area (Å²) in [6, 6.07) is 15.8. The molecule has 4 rings (SSSR count). The van der Waals surface area contributed by atoms with Crippen LogP contribution in [-0.4, -0.2) is 22.3 Å². The van der Waals surface area contributed by atoms with Crippen molar-refractivity contribution in [2.24, 2.45) is 0 Å². The van der Waals surface area contributed by atoms with Gasteiger partial charge in [-0.2, -0.15) is 13.5 Å². The smallest absolute Gasteiger partial charge is 0.239 e. The molecule has 6 heteroatoms. The fourth-order valence-corrected chi connectivity index (χ4v) is 4.24. The first-order valence-corrected chi connectivity index (χ1v) is 9.56. The molecule has 1 amide bonds. The number of hydrogen-bond acceptors (Lipinski definition) is 4. The van der Waals surface area contributed by atoms with Crippen LogP contribution in [-0.2, 0) is 10.2 Å². The second-order valence-electron chi connectivity index (χ2n) is 7.57. The average molecular weight is 443 g/mol. The van der Waals surface area contributed by atoms with Gasteiger partial charge < -0.3 is 14.9 Å². The van der Waals surface area contributed by atoms with Gasteiger partial charge in [-0.05, 0) is 62.4 Å². The number of fused-ring (bicyclic) bond motifs is 1. The molecule has 1 aliphatic heterocycles. The molecule has 0 saturated carbocycles. The monoisotopic (exact) mass is 442 g/mol. The summed E-state index contributed by atoms with van der Waals surface area (Å²) in [7, 11) is 0. The number of rotatable bonds is 5. The Morgan fingerprint density at radius 2 is 1.81 bits per heavy atom. The van der Waals surface area contributed by atoms with Crippen LogP contribution < -0.4 is 5.32 Å². The molecule has 5 nitrogen and oxygen atoms in total. The van der Waals surface area contributed by atoms with Gasteiger partial charge in [0.05, 0.1) is 11.8 Å². The quantitative estimate of drug-likeness (QED) is 0.528. The minimum Gasteiger partial charge on any atom is -0.393 e. The van der Waals surface area contributed by atoms with Crippen molar-refractivity contribution in [1.29, 1.82) is 0 Å². The average Bonchev–Trinajstić information content (AvgIpc) is 3.16. The zero-order valence-electron chi connectivity index (χ0n) is 16.8. The molecule has 168 valence electrons. The van der Waals surface area contributed by atoms with Gasteiger partial charge in [-0.15, -0.1) is 0 Å². The van der Waals surface area contributed by atoms with Gasteiger partial charge >= 0.3 is 0 Å². The first kappa shape index (κ1) is 26.5. The van der Waals surface area contributed by atoms with E-state index in [9.17, 15) is 9.90 Å². The van der Waals surface area contributed by atoms with Crippen LogP contribution in [0.1, 0.15) is 57.2 Å². The predicted molar refractivity (Wildman–Crippen MR) is 132 cm³/mol. The number of nitrogens with one attached hydrogen (secondary N) is 1. The van der Waals surface area contributed by atoms with Crippen molar-refractivity contribution in [3.63, 3.8) is 0 Å². The minimum atomic E-state index is -0.831. The van der Waals surface area contributed by atoms with Gasteiger partial charge in [-0.3, -0.25) is 4.79 Å². The van der Waals surface area contributed by atoms with Crippen molar-refractivity contribution in [3.8, 4) is 11.1 Å². The van der Waals surface area contributed by atoms with Crippen LogP contribution in [0.15, 0.2) is 53.1 Å². The topological polar surface area (TPSA) is 75.4 Å². The molecule has 0 aliphatic carbocycles. The molecule has 2 N–H and O–H groups in total.